The SMILES string of the molecule is CN(C)CC(CO)(CO)COc1ccc(C(=O)c2ccccc2)cc1.O=C(c1ccccc1)c1ccc(O)cc1.O=C(c1ccccc1)c1ccc(OCC(CO)(CO)CBr)cc1.O=C(c1ccccc1)c1ccc(OCC2(CO)COC2)cc1.OCC(CO)(CBr)CBr.OCC1(CBr)COC1. The zero-order valence-corrected chi connectivity index (χ0v) is 63.4. The first-order valence-electron chi connectivity index (χ1n) is 32.5. The average Bonchev–Trinajstić information content (AvgIpc) is 0.906. The number of phenols is 1. The Balaban J connectivity index is 0.000000229. The van der Waals surface area contributed by atoms with Gasteiger partial charge in [-0.05, 0) is 111 Å². The molecule has 0 atom stereocenters. The predicted octanol–water partition coefficient (Wildman–Crippen LogP) is 10.6. The largest absolute Gasteiger partial charge is 0.508 e. The van der Waals surface area contributed by atoms with Crippen LogP contribution in [0.4, 0.5) is 0 Å². The van der Waals surface area contributed by atoms with Crippen LogP contribution in [-0.2, 0) is 9.47 Å². The molecule has 0 spiro atoms. The molecule has 548 valence electrons. The van der Waals surface area contributed by atoms with Crippen LogP contribution in [0.15, 0.2) is 218 Å². The molecule has 2 heterocycles. The molecular formula is C79H91Br4NO18. The zero-order valence-electron chi connectivity index (χ0n) is 57.1. The van der Waals surface area contributed by atoms with E-state index in [0.29, 0.717) is 117 Å². The summed E-state index contributed by atoms with van der Waals surface area (Å²) in [6, 6.07) is 63.5. The summed E-state index contributed by atoms with van der Waals surface area (Å²) in [7, 11) is 3.76. The van der Waals surface area contributed by atoms with Gasteiger partial charge in [-0.1, -0.05) is 185 Å². The number of hydrogen-bond acceptors (Lipinski definition) is 19. The third-order valence-electron chi connectivity index (χ3n) is 16.4. The van der Waals surface area contributed by atoms with Gasteiger partial charge in [-0.15, -0.1) is 0 Å². The minimum absolute atomic E-state index is 0. The van der Waals surface area contributed by atoms with Gasteiger partial charge in [0.2, 0.25) is 0 Å². The van der Waals surface area contributed by atoms with Crippen LogP contribution in [0.1, 0.15) is 63.7 Å². The first-order valence-corrected chi connectivity index (χ1v) is 37.0. The van der Waals surface area contributed by atoms with Gasteiger partial charge in [0.05, 0.1) is 109 Å². The summed E-state index contributed by atoms with van der Waals surface area (Å²) in [4.78, 5) is 50.7. The summed E-state index contributed by atoms with van der Waals surface area (Å²) in [6.07, 6.45) is 0. The standard InChI is InChI=1S/C20H25NO4.C18H19BrO4.C18H18O4.C13H10O2.C5H10Br2O2.C5H9BrO2/c1-21(2)12-20(13-22,14-23)15-25-18-10-8-17(9-11-18)19(24)16-6-4-3-5-7-16;19-10-18(11-20,12-21)13-23-16-8-6-15(7-9-16)17(22)14-4-2-1-3-5-14;19-10-18(11-21-12-18)13-22-16-8-6-15(7-9-16)17(20)14-4-2-1-3-5-14;14-12-8-6-11(7-9-12)13(15)10-4-2-1-3-5-10;6-1-5(2-7,3-8)4-9;6-1-5(2-7)3-8-4-5/h3-11,22-23H,12-15H2,1-2H3;1-9,20-21H,10-13H2;1-9,19H,10-13H2;1-9,14H;8-9H,1-4H2;7H,1-4H2. The minimum atomic E-state index is -0.734. The number of ketones is 4. The van der Waals surface area contributed by atoms with E-state index in [1.165, 1.54) is 12.1 Å². The summed E-state index contributed by atoms with van der Waals surface area (Å²) in [5, 5.41) is 85.2. The summed E-state index contributed by atoms with van der Waals surface area (Å²) < 4.78 is 27.1. The summed E-state index contributed by atoms with van der Waals surface area (Å²) in [5.41, 5.74) is 2.91. The second-order valence-corrected chi connectivity index (χ2v) is 27.5. The number of benzene rings is 8. The second kappa shape index (κ2) is 44.7. The van der Waals surface area contributed by atoms with Crippen LogP contribution < -0.4 is 14.2 Å². The van der Waals surface area contributed by atoms with Crippen molar-refractivity contribution in [3.05, 3.63) is 263 Å². The smallest absolute Gasteiger partial charge is 0.193 e. The maximum Gasteiger partial charge on any atom is 0.193 e. The Bertz CT molecular complexity index is 3630. The van der Waals surface area contributed by atoms with E-state index >= 15 is 0 Å². The third kappa shape index (κ3) is 26.7. The fourth-order valence-corrected chi connectivity index (χ4v) is 11.8. The van der Waals surface area contributed by atoms with Crippen LogP contribution in [0.25, 0.3) is 0 Å². The molecule has 0 unspecified atom stereocenters. The van der Waals surface area contributed by atoms with Crippen molar-refractivity contribution in [3.63, 3.8) is 0 Å². The molecule has 0 saturated carbocycles. The maximum atomic E-state index is 12.4. The van der Waals surface area contributed by atoms with Gasteiger partial charge in [-0.2, -0.15) is 0 Å². The minimum Gasteiger partial charge on any atom is -0.508 e. The van der Waals surface area contributed by atoms with E-state index in [4.69, 9.17) is 44.1 Å². The van der Waals surface area contributed by atoms with E-state index < -0.39 is 10.8 Å². The van der Waals surface area contributed by atoms with Gasteiger partial charge in [-0.25, -0.2) is 0 Å². The van der Waals surface area contributed by atoms with Crippen LogP contribution in [0, 0.1) is 27.1 Å². The van der Waals surface area contributed by atoms with Gasteiger partial charge in [0, 0.05) is 83.2 Å². The molecule has 10 rings (SSSR count). The van der Waals surface area contributed by atoms with E-state index in [1.54, 1.807) is 133 Å². The number of aliphatic hydroxyl groups excluding tert-OH is 8. The lowest BCUT2D eigenvalue weighted by Gasteiger charge is -2.39. The topological polar surface area (TPSA) is 300 Å². The van der Waals surface area contributed by atoms with Crippen LogP contribution in [-0.4, -0.2) is 215 Å². The Morgan fingerprint density at radius 2 is 0.637 bits per heavy atom. The highest BCUT2D eigenvalue weighted by molar-refractivity contribution is 9.10. The quantitative estimate of drug-likeness (QED) is 0.0144. The molecule has 0 aromatic heterocycles. The van der Waals surface area contributed by atoms with Gasteiger partial charge in [0.15, 0.2) is 23.1 Å². The van der Waals surface area contributed by atoms with Gasteiger partial charge >= 0.3 is 0 Å². The lowest BCUT2D eigenvalue weighted by molar-refractivity contribution is -0.153. The summed E-state index contributed by atoms with van der Waals surface area (Å²) in [6.45, 7) is 3.31. The molecule has 0 radical (unpaired) electrons. The lowest BCUT2D eigenvalue weighted by Crippen LogP contribution is -2.49. The number of phenolic OH excluding ortho intramolecular Hbond substituents is 1. The number of carbonyl (C=O) groups is 4. The molecule has 23 heteroatoms. The number of aliphatic hydroxyl groups is 8. The van der Waals surface area contributed by atoms with Crippen LogP contribution >= 0.6 is 63.7 Å². The highest BCUT2D eigenvalue weighted by Gasteiger charge is 2.39. The van der Waals surface area contributed by atoms with Crippen molar-refractivity contribution >= 4 is 86.9 Å². The third-order valence-corrected chi connectivity index (χ3v) is 21.1. The monoisotopic (exact) mass is 1660 g/mol. The number of halogens is 4. The summed E-state index contributed by atoms with van der Waals surface area (Å²) in [5.74, 6) is 1.90. The molecule has 2 aliphatic heterocycles. The lowest BCUT2D eigenvalue weighted by atomic mass is 9.88. The number of alkyl halides is 4. The molecule has 0 aliphatic carbocycles. The number of hydrogen-bond donors (Lipinski definition) is 9. The van der Waals surface area contributed by atoms with Crippen LogP contribution in [0.5, 0.6) is 23.0 Å². The van der Waals surface area contributed by atoms with E-state index in [9.17, 15) is 44.7 Å². The van der Waals surface area contributed by atoms with E-state index in [2.05, 4.69) is 63.7 Å². The molecule has 8 aromatic rings. The van der Waals surface area contributed by atoms with Crippen LogP contribution in [0.3, 0.4) is 0 Å². The first-order chi connectivity index (χ1) is 49.2. The molecule has 0 bridgehead atoms. The van der Waals surface area contributed by atoms with E-state index in [-0.39, 0.29) is 111 Å². The molecule has 2 fully saturated rings. The van der Waals surface area contributed by atoms with Crippen molar-refractivity contribution < 1.29 is 88.8 Å². The molecular weight excluding hydrogens is 1570 g/mol. The number of ether oxygens (including phenoxy) is 5. The van der Waals surface area contributed by atoms with Crippen LogP contribution in [0.2, 0.25) is 0 Å². The highest BCUT2D eigenvalue weighted by atomic mass is 79.9. The predicted molar refractivity (Wildman–Crippen MR) is 408 cm³/mol. The van der Waals surface area contributed by atoms with Crippen molar-refractivity contribution in [3.8, 4) is 23.0 Å². The Hall–Kier alpha value is -6.88. The zero-order chi connectivity index (χ0) is 74.4. The number of aromatic hydroxyl groups is 1. The van der Waals surface area contributed by atoms with Crippen molar-refractivity contribution in [1.82, 2.24) is 4.90 Å². The molecule has 102 heavy (non-hydrogen) atoms. The molecule has 19 nitrogen and oxygen atoms in total. The van der Waals surface area contributed by atoms with Gasteiger partial charge in [0.25, 0.3) is 0 Å². The second-order valence-electron chi connectivity index (χ2n) is 25.3. The van der Waals surface area contributed by atoms with Crippen molar-refractivity contribution in [2.24, 2.45) is 27.1 Å². The van der Waals surface area contributed by atoms with Crippen molar-refractivity contribution in [2.75, 3.05) is 141 Å². The number of carbonyl (C=O) groups excluding carboxylic acids is 4. The normalized spacial score (nSPS) is 13.2. The maximum absolute atomic E-state index is 12.4. The van der Waals surface area contributed by atoms with E-state index in [1.807, 2.05) is 91.8 Å². The van der Waals surface area contributed by atoms with E-state index in [0.717, 1.165) is 5.33 Å². The molecule has 8 aromatic carbocycles. The molecule has 0 amide bonds. The first kappa shape index (κ1) is 85.8. The van der Waals surface area contributed by atoms with Gasteiger partial charge < -0.3 is 74.5 Å². The van der Waals surface area contributed by atoms with Gasteiger partial charge in [-0.3, -0.25) is 19.2 Å². The molecule has 9 N–H and O–H groups in total. The Morgan fingerprint density at radius 1 is 0.373 bits per heavy atom. The number of nitrogens with zero attached hydrogens (tertiary/aromatic N) is 1. The Kier molecular flexibility index (Phi) is 37.6. The fraction of sp³-hybridized carbons (Fsp3) is 0.342. The average molecular weight is 1660 g/mol. The summed E-state index contributed by atoms with van der Waals surface area (Å²) >= 11 is 13.0. The Morgan fingerprint density at radius 3 is 0.853 bits per heavy atom. The molecule has 2 aliphatic rings. The number of rotatable bonds is 31. The highest BCUT2D eigenvalue weighted by Crippen LogP contribution is 2.31. The fourth-order valence-electron chi connectivity index (χ4n) is 9.14. The van der Waals surface area contributed by atoms with Gasteiger partial charge in [0.1, 0.15) is 29.6 Å². The Labute approximate surface area is 630 Å². The molecule has 2 saturated heterocycles. The van der Waals surface area contributed by atoms with Crippen molar-refractivity contribution in [2.45, 2.75) is 0 Å². The van der Waals surface area contributed by atoms with Crippen molar-refractivity contribution in [1.29, 1.82) is 0 Å².